The van der Waals surface area contributed by atoms with E-state index in [1.54, 1.807) is 0 Å². The second-order valence-corrected chi connectivity index (χ2v) is 5.81. The van der Waals surface area contributed by atoms with Gasteiger partial charge in [0.2, 0.25) is 0 Å². The summed E-state index contributed by atoms with van der Waals surface area (Å²) >= 11 is 5.40. The molecule has 1 aromatic heterocycles. The average molecular weight is 244 g/mol. The van der Waals surface area contributed by atoms with Crippen LogP contribution < -0.4 is 0 Å². The van der Waals surface area contributed by atoms with Crippen molar-refractivity contribution in [3.05, 3.63) is 41.3 Å². The van der Waals surface area contributed by atoms with Crippen molar-refractivity contribution < 1.29 is 0 Å². The molecule has 1 N–H and O–H groups in total. The van der Waals surface area contributed by atoms with Gasteiger partial charge in [-0.05, 0) is 29.6 Å². The highest BCUT2D eigenvalue weighted by atomic mass is 32.1. The van der Waals surface area contributed by atoms with Gasteiger partial charge in [0.25, 0.3) is 0 Å². The van der Waals surface area contributed by atoms with Crippen LogP contribution in [0, 0.1) is 10.2 Å². The lowest BCUT2D eigenvalue weighted by molar-refractivity contribution is 0.540. The molecule has 1 aliphatic carbocycles. The van der Waals surface area contributed by atoms with Crippen LogP contribution in [-0.2, 0) is 0 Å². The fraction of sp³-hybridized carbons (Fsp3) is 0.357. The Morgan fingerprint density at radius 2 is 1.94 bits per heavy atom. The van der Waals surface area contributed by atoms with Crippen molar-refractivity contribution >= 4 is 12.2 Å². The number of nitrogens with zero attached hydrogens (tertiary/aromatic N) is 1. The van der Waals surface area contributed by atoms with E-state index in [1.165, 1.54) is 17.7 Å². The Labute approximate surface area is 106 Å². The van der Waals surface area contributed by atoms with E-state index in [9.17, 15) is 0 Å². The maximum absolute atomic E-state index is 5.40. The zero-order chi connectivity index (χ0) is 12.0. The molecule has 1 saturated carbocycles. The predicted octanol–water partition coefficient (Wildman–Crippen LogP) is 4.18. The lowest BCUT2D eigenvalue weighted by Crippen LogP contribution is -2.02. The smallest absolute Gasteiger partial charge is 0.177 e. The van der Waals surface area contributed by atoms with E-state index in [-0.39, 0.29) is 0 Å². The molecule has 1 aromatic carbocycles. The molecule has 0 amide bonds. The van der Waals surface area contributed by atoms with E-state index in [4.69, 9.17) is 12.2 Å². The van der Waals surface area contributed by atoms with Gasteiger partial charge in [-0.1, -0.05) is 44.2 Å². The highest BCUT2D eigenvalue weighted by molar-refractivity contribution is 7.71. The van der Waals surface area contributed by atoms with Gasteiger partial charge < -0.3 is 9.55 Å². The third kappa shape index (κ3) is 1.75. The second-order valence-electron chi connectivity index (χ2n) is 5.42. The Morgan fingerprint density at radius 3 is 2.53 bits per heavy atom. The standard InChI is InChI=1S/C14H16N2S/c1-14(2)8-12(14)16-11(9-15-13(16)17)10-6-4-3-5-7-10/h3-7,9,12H,8H2,1-2H3,(H,15,17). The summed E-state index contributed by atoms with van der Waals surface area (Å²) in [6.07, 6.45) is 3.23. The molecule has 1 atom stereocenters. The van der Waals surface area contributed by atoms with Gasteiger partial charge in [0, 0.05) is 12.2 Å². The minimum Gasteiger partial charge on any atom is -0.337 e. The number of imidazole rings is 1. The molecule has 0 aliphatic heterocycles. The molecule has 1 heterocycles. The van der Waals surface area contributed by atoms with Gasteiger partial charge in [-0.25, -0.2) is 0 Å². The van der Waals surface area contributed by atoms with Crippen molar-refractivity contribution in [2.24, 2.45) is 5.41 Å². The van der Waals surface area contributed by atoms with Crippen LogP contribution in [0.2, 0.25) is 0 Å². The Bertz CT molecular complexity index is 592. The number of nitrogens with one attached hydrogen (secondary N) is 1. The summed E-state index contributed by atoms with van der Waals surface area (Å²) in [7, 11) is 0. The lowest BCUT2D eigenvalue weighted by atomic mass is 10.1. The number of H-pyrrole nitrogens is 1. The summed E-state index contributed by atoms with van der Waals surface area (Å²) in [4.78, 5) is 3.17. The van der Waals surface area contributed by atoms with Crippen LogP contribution in [0.3, 0.4) is 0 Å². The van der Waals surface area contributed by atoms with Crippen molar-refractivity contribution in [2.75, 3.05) is 0 Å². The van der Waals surface area contributed by atoms with Gasteiger partial charge in [-0.3, -0.25) is 0 Å². The first-order chi connectivity index (χ1) is 8.09. The topological polar surface area (TPSA) is 20.7 Å². The molecular formula is C14H16N2S. The molecule has 1 unspecified atom stereocenters. The highest BCUT2D eigenvalue weighted by Crippen LogP contribution is 2.56. The molecule has 17 heavy (non-hydrogen) atoms. The van der Waals surface area contributed by atoms with Gasteiger partial charge in [-0.2, -0.15) is 0 Å². The SMILES string of the molecule is CC1(C)CC1n1c(-c2ccccc2)c[nH]c1=S. The first-order valence-corrected chi connectivity index (χ1v) is 6.36. The number of rotatable bonds is 2. The van der Waals surface area contributed by atoms with Crippen molar-refractivity contribution in [3.8, 4) is 11.3 Å². The molecule has 3 heteroatoms. The Hall–Kier alpha value is -1.35. The van der Waals surface area contributed by atoms with Gasteiger partial charge in [0.1, 0.15) is 0 Å². The Morgan fingerprint density at radius 1 is 1.29 bits per heavy atom. The summed E-state index contributed by atoms with van der Waals surface area (Å²) in [5, 5.41) is 0. The van der Waals surface area contributed by atoms with Crippen LogP contribution in [0.4, 0.5) is 0 Å². The predicted molar refractivity (Wildman–Crippen MR) is 72.5 cm³/mol. The van der Waals surface area contributed by atoms with E-state index < -0.39 is 0 Å². The van der Waals surface area contributed by atoms with E-state index in [2.05, 4.69) is 47.7 Å². The maximum atomic E-state index is 5.40. The second kappa shape index (κ2) is 3.57. The molecule has 0 spiro atoms. The third-order valence-electron chi connectivity index (χ3n) is 3.65. The third-order valence-corrected chi connectivity index (χ3v) is 3.97. The van der Waals surface area contributed by atoms with Crippen molar-refractivity contribution in [2.45, 2.75) is 26.3 Å². The average Bonchev–Trinajstić information content (AvgIpc) is 2.77. The quantitative estimate of drug-likeness (QED) is 0.786. The van der Waals surface area contributed by atoms with Crippen molar-refractivity contribution in [1.82, 2.24) is 9.55 Å². The molecule has 0 saturated heterocycles. The summed E-state index contributed by atoms with van der Waals surface area (Å²) in [6, 6.07) is 11.0. The maximum Gasteiger partial charge on any atom is 0.177 e. The molecular weight excluding hydrogens is 228 g/mol. The molecule has 2 aromatic rings. The molecule has 2 nitrogen and oxygen atoms in total. The lowest BCUT2D eigenvalue weighted by Gasteiger charge is -2.10. The zero-order valence-corrected chi connectivity index (χ0v) is 10.9. The van der Waals surface area contributed by atoms with Crippen LogP contribution in [0.1, 0.15) is 26.3 Å². The van der Waals surface area contributed by atoms with Crippen LogP contribution in [0.25, 0.3) is 11.3 Å². The van der Waals surface area contributed by atoms with E-state index in [0.717, 1.165) is 4.77 Å². The van der Waals surface area contributed by atoms with Crippen molar-refractivity contribution in [1.29, 1.82) is 0 Å². The highest BCUT2D eigenvalue weighted by Gasteiger charge is 2.48. The van der Waals surface area contributed by atoms with E-state index >= 15 is 0 Å². The molecule has 88 valence electrons. The van der Waals surface area contributed by atoms with Gasteiger partial charge in [0.05, 0.1) is 5.69 Å². The molecule has 1 aliphatic rings. The first-order valence-electron chi connectivity index (χ1n) is 5.95. The van der Waals surface area contributed by atoms with Crippen LogP contribution in [-0.4, -0.2) is 9.55 Å². The normalized spacial score (nSPS) is 21.4. The minimum absolute atomic E-state index is 0.379. The van der Waals surface area contributed by atoms with Gasteiger partial charge in [0.15, 0.2) is 4.77 Å². The Balaban J connectivity index is 2.11. The van der Waals surface area contributed by atoms with Gasteiger partial charge >= 0.3 is 0 Å². The molecule has 1 fully saturated rings. The summed E-state index contributed by atoms with van der Waals surface area (Å²) in [6.45, 7) is 4.59. The molecule has 3 rings (SSSR count). The number of hydrogen-bond donors (Lipinski definition) is 1. The van der Waals surface area contributed by atoms with E-state index in [1.807, 2.05) is 12.3 Å². The molecule has 0 bridgehead atoms. The fourth-order valence-electron chi connectivity index (χ4n) is 2.40. The zero-order valence-electron chi connectivity index (χ0n) is 10.1. The van der Waals surface area contributed by atoms with E-state index in [0.29, 0.717) is 11.5 Å². The number of hydrogen-bond acceptors (Lipinski definition) is 1. The minimum atomic E-state index is 0.379. The first kappa shape index (κ1) is 10.8. The van der Waals surface area contributed by atoms with Crippen LogP contribution in [0.5, 0.6) is 0 Å². The summed E-state index contributed by atoms with van der Waals surface area (Å²) in [5.41, 5.74) is 2.80. The number of aromatic nitrogens is 2. The monoisotopic (exact) mass is 244 g/mol. The summed E-state index contributed by atoms with van der Waals surface area (Å²) in [5.74, 6) is 0. The van der Waals surface area contributed by atoms with Crippen LogP contribution >= 0.6 is 12.2 Å². The fourth-order valence-corrected chi connectivity index (χ4v) is 2.68. The summed E-state index contributed by atoms with van der Waals surface area (Å²) < 4.78 is 3.10. The largest absolute Gasteiger partial charge is 0.337 e. The Kier molecular flexibility index (Phi) is 2.26. The molecule has 0 radical (unpaired) electrons. The number of aromatic amines is 1. The van der Waals surface area contributed by atoms with Crippen molar-refractivity contribution in [3.63, 3.8) is 0 Å². The van der Waals surface area contributed by atoms with Gasteiger partial charge in [-0.15, -0.1) is 0 Å². The number of benzene rings is 1. The van der Waals surface area contributed by atoms with Crippen LogP contribution in [0.15, 0.2) is 36.5 Å².